The van der Waals surface area contributed by atoms with E-state index in [1.807, 2.05) is 4.90 Å². The number of piperazine rings is 1. The van der Waals surface area contributed by atoms with Crippen LogP contribution in [0.25, 0.3) is 16.2 Å². The first-order valence-electron chi connectivity index (χ1n) is 11.7. The van der Waals surface area contributed by atoms with Gasteiger partial charge < -0.3 is 15.5 Å². The van der Waals surface area contributed by atoms with E-state index in [4.69, 9.17) is 12.3 Å². The molecule has 2 aromatic heterocycles. The van der Waals surface area contributed by atoms with Gasteiger partial charge in [-0.2, -0.15) is 10.2 Å². The van der Waals surface area contributed by atoms with Gasteiger partial charge in [0.05, 0.1) is 18.8 Å². The normalized spacial score (nSPS) is 17.1. The molecule has 1 atom stereocenters. The number of rotatable bonds is 5. The monoisotopic (exact) mass is 520 g/mol. The second-order valence-corrected chi connectivity index (χ2v) is 8.74. The maximum absolute atomic E-state index is 14.5. The van der Waals surface area contributed by atoms with Gasteiger partial charge in [0.1, 0.15) is 23.7 Å². The van der Waals surface area contributed by atoms with Crippen molar-refractivity contribution in [2.24, 2.45) is 10.8 Å². The first-order chi connectivity index (χ1) is 18.3. The average molecular weight is 521 g/mol. The van der Waals surface area contributed by atoms with E-state index in [2.05, 4.69) is 25.0 Å². The lowest BCUT2D eigenvalue weighted by Gasteiger charge is -2.37. The zero-order chi connectivity index (χ0) is 26.8. The highest BCUT2D eigenvalue weighted by atomic mass is 19.1. The molecule has 0 aliphatic carbocycles. The summed E-state index contributed by atoms with van der Waals surface area (Å²) < 4.78 is 29.8. The Morgan fingerprint density at radius 3 is 2.68 bits per heavy atom. The molecule has 1 aromatic carbocycles. The van der Waals surface area contributed by atoms with E-state index in [9.17, 15) is 18.4 Å². The van der Waals surface area contributed by atoms with Crippen molar-refractivity contribution in [3.8, 4) is 11.4 Å². The minimum atomic E-state index is -0.663. The Labute approximate surface area is 215 Å². The summed E-state index contributed by atoms with van der Waals surface area (Å²) in [6.07, 6.45) is 4.57. The summed E-state index contributed by atoms with van der Waals surface area (Å²) in [6.45, 7) is 8.47. The SMILES string of the molecule is [C-]#[N+]c1cc(F)cc([C@@H]2CC=NN2C(=O)N2CCN(c3ncc(F)c(-c4ccn(CC(N)=O)n4)n3)CC2)c1. The van der Waals surface area contributed by atoms with E-state index in [-0.39, 0.29) is 35.6 Å². The number of benzene rings is 1. The molecule has 2 aliphatic rings. The molecule has 2 N–H and O–H groups in total. The highest BCUT2D eigenvalue weighted by Crippen LogP contribution is 2.32. The number of carbonyl (C=O) groups excluding carboxylic acids is 2. The van der Waals surface area contributed by atoms with Crippen LogP contribution in [-0.4, -0.2) is 74.0 Å². The number of hydrazone groups is 1. The average Bonchev–Trinajstić information content (AvgIpc) is 3.58. The van der Waals surface area contributed by atoms with Gasteiger partial charge in [0.15, 0.2) is 11.5 Å². The predicted octanol–water partition coefficient (Wildman–Crippen LogP) is 2.33. The summed E-state index contributed by atoms with van der Waals surface area (Å²) in [6, 6.07) is 4.71. The highest BCUT2D eigenvalue weighted by Gasteiger charge is 2.34. The Morgan fingerprint density at radius 2 is 1.95 bits per heavy atom. The molecular weight excluding hydrogens is 498 g/mol. The van der Waals surface area contributed by atoms with Crippen molar-refractivity contribution in [2.45, 2.75) is 19.0 Å². The molecule has 38 heavy (non-hydrogen) atoms. The number of halogens is 2. The Morgan fingerprint density at radius 1 is 1.16 bits per heavy atom. The Balaban J connectivity index is 1.26. The summed E-state index contributed by atoms with van der Waals surface area (Å²) in [5.74, 6) is -1.50. The lowest BCUT2D eigenvalue weighted by molar-refractivity contribution is -0.118. The third kappa shape index (κ3) is 4.99. The van der Waals surface area contributed by atoms with Crippen molar-refractivity contribution in [3.05, 3.63) is 65.3 Å². The lowest BCUT2D eigenvalue weighted by Crippen LogP contribution is -2.52. The molecule has 2 aliphatic heterocycles. The van der Waals surface area contributed by atoms with Gasteiger partial charge >= 0.3 is 6.03 Å². The van der Waals surface area contributed by atoms with Gasteiger partial charge in [-0.1, -0.05) is 6.07 Å². The number of nitrogens with two attached hydrogens (primary N) is 1. The first kappa shape index (κ1) is 24.8. The quantitative estimate of drug-likeness (QED) is 0.514. The zero-order valence-corrected chi connectivity index (χ0v) is 20.0. The number of carbonyl (C=O) groups is 2. The summed E-state index contributed by atoms with van der Waals surface area (Å²) in [5.41, 5.74) is 6.06. The Kier molecular flexibility index (Phi) is 6.65. The number of nitrogens with zero attached hydrogens (tertiary/aromatic N) is 9. The van der Waals surface area contributed by atoms with Crippen molar-refractivity contribution < 1.29 is 18.4 Å². The smallest absolute Gasteiger partial charge is 0.341 e. The van der Waals surface area contributed by atoms with E-state index >= 15 is 0 Å². The van der Waals surface area contributed by atoms with Crippen LogP contribution in [0.3, 0.4) is 0 Å². The number of hydrogen-bond donors (Lipinski definition) is 1. The molecule has 0 radical (unpaired) electrons. The standard InChI is InChI=1S/C24H22F2N10O2/c1-28-17-11-15(10-16(25)12-17)20-2-4-30-36(20)24(38)34-8-6-33(7-9-34)23-29-13-18(26)22(31-23)19-3-5-35(32-19)14-21(27)37/h3-5,10-13,20H,2,6-9,14H2,(H2,27,37)/t20-/m0/s1. The fourth-order valence-electron chi connectivity index (χ4n) is 4.40. The maximum Gasteiger partial charge on any atom is 0.341 e. The van der Waals surface area contributed by atoms with Gasteiger partial charge in [-0.3, -0.25) is 9.48 Å². The largest absolute Gasteiger partial charge is 0.368 e. The molecule has 5 rings (SSSR count). The van der Waals surface area contributed by atoms with Crippen LogP contribution in [0.2, 0.25) is 0 Å². The van der Waals surface area contributed by atoms with Crippen LogP contribution in [0.1, 0.15) is 18.0 Å². The third-order valence-electron chi connectivity index (χ3n) is 6.21. The molecule has 1 saturated heterocycles. The minimum Gasteiger partial charge on any atom is -0.368 e. The van der Waals surface area contributed by atoms with E-state index in [1.165, 1.54) is 28.0 Å². The van der Waals surface area contributed by atoms with Crippen molar-refractivity contribution in [3.63, 3.8) is 0 Å². The molecule has 0 spiro atoms. The molecule has 1 fully saturated rings. The predicted molar refractivity (Wildman–Crippen MR) is 132 cm³/mol. The number of amides is 3. The molecule has 194 valence electrons. The Bertz CT molecular complexity index is 1460. The summed E-state index contributed by atoms with van der Waals surface area (Å²) in [5, 5.41) is 9.67. The van der Waals surface area contributed by atoms with Crippen molar-refractivity contribution in [1.82, 2.24) is 29.7 Å². The van der Waals surface area contributed by atoms with Crippen molar-refractivity contribution >= 4 is 29.8 Å². The number of urea groups is 1. The van der Waals surface area contributed by atoms with E-state index in [0.717, 1.165) is 12.3 Å². The summed E-state index contributed by atoms with van der Waals surface area (Å²) in [7, 11) is 0. The van der Waals surface area contributed by atoms with Gasteiger partial charge in [0, 0.05) is 45.0 Å². The molecule has 4 heterocycles. The summed E-state index contributed by atoms with van der Waals surface area (Å²) >= 11 is 0. The van der Waals surface area contributed by atoms with Crippen molar-refractivity contribution in [2.75, 3.05) is 31.1 Å². The van der Waals surface area contributed by atoms with Crippen LogP contribution in [0.15, 0.2) is 41.8 Å². The van der Waals surface area contributed by atoms with Crippen LogP contribution in [0, 0.1) is 18.2 Å². The fraction of sp³-hybridized carbons (Fsp3) is 0.292. The van der Waals surface area contributed by atoms with E-state index in [0.29, 0.717) is 38.2 Å². The molecule has 0 bridgehead atoms. The van der Waals surface area contributed by atoms with Crippen LogP contribution in [-0.2, 0) is 11.3 Å². The van der Waals surface area contributed by atoms with Crippen molar-refractivity contribution in [1.29, 1.82) is 0 Å². The first-order valence-corrected chi connectivity index (χ1v) is 11.7. The van der Waals surface area contributed by atoms with E-state index in [1.54, 1.807) is 17.2 Å². The number of hydrogen-bond acceptors (Lipinski definition) is 7. The van der Waals surface area contributed by atoms with Gasteiger partial charge in [0.2, 0.25) is 11.9 Å². The molecule has 0 saturated carbocycles. The van der Waals surface area contributed by atoms with Crippen LogP contribution < -0.4 is 10.6 Å². The van der Waals surface area contributed by atoms with Gasteiger partial charge in [-0.15, -0.1) is 0 Å². The van der Waals surface area contributed by atoms with Crippen LogP contribution >= 0.6 is 0 Å². The Hall–Kier alpha value is -4.93. The molecule has 14 heteroatoms. The topological polar surface area (TPSA) is 130 Å². The second-order valence-electron chi connectivity index (χ2n) is 8.74. The van der Waals surface area contributed by atoms with E-state index < -0.39 is 23.6 Å². The second kappa shape index (κ2) is 10.2. The van der Waals surface area contributed by atoms with Crippen LogP contribution in [0.4, 0.5) is 25.2 Å². The number of aromatic nitrogens is 4. The molecule has 12 nitrogen and oxygen atoms in total. The molecule has 3 aromatic rings. The van der Waals surface area contributed by atoms with Gasteiger partial charge in [-0.25, -0.2) is 33.4 Å². The zero-order valence-electron chi connectivity index (χ0n) is 20.0. The van der Waals surface area contributed by atoms with Gasteiger partial charge in [-0.05, 0) is 23.8 Å². The highest BCUT2D eigenvalue weighted by molar-refractivity contribution is 5.79. The van der Waals surface area contributed by atoms with Crippen LogP contribution in [0.5, 0.6) is 0 Å². The number of anilines is 1. The minimum absolute atomic E-state index is 0.0140. The molecular formula is C24H22F2N10O2. The molecule has 3 amide bonds. The number of primary amides is 1. The lowest BCUT2D eigenvalue weighted by atomic mass is 10.0. The summed E-state index contributed by atoms with van der Waals surface area (Å²) in [4.78, 5) is 39.6. The molecule has 0 unspecified atom stereocenters. The fourth-order valence-corrected chi connectivity index (χ4v) is 4.40. The maximum atomic E-state index is 14.5. The third-order valence-corrected chi connectivity index (χ3v) is 6.21. The van der Waals surface area contributed by atoms with Gasteiger partial charge in [0.25, 0.3) is 0 Å².